The van der Waals surface area contributed by atoms with Gasteiger partial charge in [0.15, 0.2) is 0 Å². The van der Waals surface area contributed by atoms with Crippen LogP contribution in [0.15, 0.2) is 18.2 Å². The topological polar surface area (TPSA) is 30.5 Å². The number of hydrogen-bond donors (Lipinski definition) is 1. The molecule has 3 heteroatoms. The lowest BCUT2D eigenvalue weighted by Crippen LogP contribution is -2.43. The maximum absolute atomic E-state index is 5.79. The van der Waals surface area contributed by atoms with E-state index in [0.29, 0.717) is 6.04 Å². The van der Waals surface area contributed by atoms with Gasteiger partial charge in [-0.05, 0) is 62.4 Å². The van der Waals surface area contributed by atoms with Crippen molar-refractivity contribution in [3.05, 3.63) is 29.3 Å². The third-order valence-electron chi connectivity index (χ3n) is 4.58. The first-order valence-electron chi connectivity index (χ1n) is 7.57. The quantitative estimate of drug-likeness (QED) is 0.826. The van der Waals surface area contributed by atoms with Crippen LogP contribution in [0.25, 0.3) is 0 Å². The maximum atomic E-state index is 5.79. The van der Waals surface area contributed by atoms with Crippen LogP contribution < -0.4 is 10.1 Å². The zero-order valence-corrected chi connectivity index (χ0v) is 13.2. The predicted molar refractivity (Wildman–Crippen MR) is 82.4 cm³/mol. The Labute approximate surface area is 122 Å². The number of aryl methyl sites for hydroxylation is 1. The van der Waals surface area contributed by atoms with Crippen molar-refractivity contribution in [1.82, 2.24) is 5.32 Å². The highest BCUT2D eigenvalue weighted by Crippen LogP contribution is 2.42. The third kappa shape index (κ3) is 3.15. The Morgan fingerprint density at radius 3 is 2.50 bits per heavy atom. The molecule has 0 amide bonds. The monoisotopic (exact) mass is 277 g/mol. The summed E-state index contributed by atoms with van der Waals surface area (Å²) >= 11 is 0. The van der Waals surface area contributed by atoms with Crippen molar-refractivity contribution in [3.63, 3.8) is 0 Å². The van der Waals surface area contributed by atoms with E-state index < -0.39 is 0 Å². The Morgan fingerprint density at radius 2 is 2.05 bits per heavy atom. The largest absolute Gasteiger partial charge is 0.497 e. The highest BCUT2D eigenvalue weighted by molar-refractivity contribution is 5.37. The lowest BCUT2D eigenvalue weighted by molar-refractivity contribution is -0.0837. The summed E-state index contributed by atoms with van der Waals surface area (Å²) in [6.07, 6.45) is 4.69. The second-order valence-corrected chi connectivity index (χ2v) is 5.78. The summed E-state index contributed by atoms with van der Waals surface area (Å²) in [6, 6.07) is 6.70. The van der Waals surface area contributed by atoms with E-state index in [0.717, 1.165) is 18.7 Å². The van der Waals surface area contributed by atoms with Gasteiger partial charge in [-0.15, -0.1) is 0 Å². The summed E-state index contributed by atoms with van der Waals surface area (Å²) < 4.78 is 11.1. The second-order valence-electron chi connectivity index (χ2n) is 5.78. The Kier molecular flexibility index (Phi) is 5.06. The normalized spacial score (nSPS) is 18.4. The zero-order chi connectivity index (χ0) is 14.6. The molecule has 1 aliphatic rings. The van der Waals surface area contributed by atoms with Crippen molar-refractivity contribution in [3.8, 4) is 5.75 Å². The molecule has 112 valence electrons. The van der Waals surface area contributed by atoms with Crippen LogP contribution in [-0.2, 0) is 4.74 Å². The summed E-state index contributed by atoms with van der Waals surface area (Å²) in [5.74, 6) is 0.923. The lowest BCUT2D eigenvalue weighted by Gasteiger charge is -2.43. The van der Waals surface area contributed by atoms with Gasteiger partial charge >= 0.3 is 0 Å². The van der Waals surface area contributed by atoms with Gasteiger partial charge in [0, 0.05) is 13.2 Å². The van der Waals surface area contributed by atoms with Gasteiger partial charge < -0.3 is 14.8 Å². The van der Waals surface area contributed by atoms with Gasteiger partial charge in [0.25, 0.3) is 0 Å². The first kappa shape index (κ1) is 15.3. The molecule has 0 saturated heterocycles. The third-order valence-corrected chi connectivity index (χ3v) is 4.58. The fourth-order valence-electron chi connectivity index (χ4n) is 3.14. The van der Waals surface area contributed by atoms with E-state index in [4.69, 9.17) is 9.47 Å². The fraction of sp³-hybridized carbons (Fsp3) is 0.647. The molecule has 0 radical (unpaired) electrons. The van der Waals surface area contributed by atoms with E-state index in [1.807, 2.05) is 13.2 Å². The maximum Gasteiger partial charge on any atom is 0.119 e. The SMILES string of the molecule is CCNC(CC1(OC)CCC1)c1ccc(OC)cc1C. The molecule has 1 unspecified atom stereocenters. The molecule has 1 N–H and O–H groups in total. The molecule has 0 aliphatic heterocycles. The number of hydrogen-bond acceptors (Lipinski definition) is 3. The lowest BCUT2D eigenvalue weighted by atomic mass is 9.74. The van der Waals surface area contributed by atoms with E-state index in [2.05, 4.69) is 31.3 Å². The first-order chi connectivity index (χ1) is 9.64. The average Bonchev–Trinajstić information content (AvgIpc) is 2.41. The molecule has 0 bridgehead atoms. The van der Waals surface area contributed by atoms with Crippen molar-refractivity contribution >= 4 is 0 Å². The number of benzene rings is 1. The minimum absolute atomic E-state index is 0.0825. The Morgan fingerprint density at radius 1 is 1.30 bits per heavy atom. The zero-order valence-electron chi connectivity index (χ0n) is 13.2. The van der Waals surface area contributed by atoms with Crippen molar-refractivity contribution in [2.24, 2.45) is 0 Å². The highest BCUT2D eigenvalue weighted by atomic mass is 16.5. The van der Waals surface area contributed by atoms with Gasteiger partial charge in [0.1, 0.15) is 5.75 Å². The van der Waals surface area contributed by atoms with E-state index >= 15 is 0 Å². The van der Waals surface area contributed by atoms with Crippen LogP contribution >= 0.6 is 0 Å². The molecular weight excluding hydrogens is 250 g/mol. The molecular formula is C17H27NO2. The molecule has 0 heterocycles. The standard InChI is InChI=1S/C17H27NO2/c1-5-18-16(12-17(20-4)9-6-10-17)15-8-7-14(19-3)11-13(15)2/h7-8,11,16,18H,5-6,9-10,12H2,1-4H3. The molecule has 0 aromatic heterocycles. The highest BCUT2D eigenvalue weighted by Gasteiger charge is 2.39. The molecule has 1 atom stereocenters. The summed E-state index contributed by atoms with van der Waals surface area (Å²) in [6.45, 7) is 5.28. The van der Waals surface area contributed by atoms with Gasteiger partial charge in [-0.2, -0.15) is 0 Å². The summed E-state index contributed by atoms with van der Waals surface area (Å²) in [5.41, 5.74) is 2.72. The van der Waals surface area contributed by atoms with Crippen LogP contribution in [0.1, 0.15) is 49.8 Å². The molecule has 2 rings (SSSR count). The summed E-state index contributed by atoms with van der Waals surface area (Å²) in [4.78, 5) is 0. The van der Waals surface area contributed by atoms with Crippen LogP contribution in [0.2, 0.25) is 0 Å². The molecule has 1 aromatic rings. The Bertz CT molecular complexity index is 435. The minimum atomic E-state index is 0.0825. The number of methoxy groups -OCH3 is 2. The van der Waals surface area contributed by atoms with Gasteiger partial charge in [-0.1, -0.05) is 13.0 Å². The van der Waals surface area contributed by atoms with Crippen molar-refractivity contribution < 1.29 is 9.47 Å². The van der Waals surface area contributed by atoms with Gasteiger partial charge in [-0.25, -0.2) is 0 Å². The number of nitrogens with one attached hydrogen (secondary N) is 1. The van der Waals surface area contributed by atoms with Gasteiger partial charge in [0.2, 0.25) is 0 Å². The molecule has 1 saturated carbocycles. The number of ether oxygens (including phenoxy) is 2. The van der Waals surface area contributed by atoms with Crippen LogP contribution in [-0.4, -0.2) is 26.4 Å². The van der Waals surface area contributed by atoms with E-state index in [-0.39, 0.29) is 5.60 Å². The van der Waals surface area contributed by atoms with E-state index in [1.54, 1.807) is 7.11 Å². The van der Waals surface area contributed by atoms with E-state index in [1.165, 1.54) is 30.4 Å². The van der Waals surface area contributed by atoms with Gasteiger partial charge in [-0.3, -0.25) is 0 Å². The first-order valence-corrected chi connectivity index (χ1v) is 7.57. The second kappa shape index (κ2) is 6.59. The van der Waals surface area contributed by atoms with Gasteiger partial charge in [0.05, 0.1) is 12.7 Å². The van der Waals surface area contributed by atoms with Crippen LogP contribution in [0.4, 0.5) is 0 Å². The van der Waals surface area contributed by atoms with E-state index in [9.17, 15) is 0 Å². The molecule has 0 spiro atoms. The number of rotatable bonds is 7. The summed E-state index contributed by atoms with van der Waals surface area (Å²) in [5, 5.41) is 3.61. The Hall–Kier alpha value is -1.06. The summed E-state index contributed by atoms with van der Waals surface area (Å²) in [7, 11) is 3.56. The predicted octanol–water partition coefficient (Wildman–Crippen LogP) is 3.61. The smallest absolute Gasteiger partial charge is 0.119 e. The van der Waals surface area contributed by atoms with Crippen LogP contribution in [0, 0.1) is 6.92 Å². The molecule has 3 nitrogen and oxygen atoms in total. The average molecular weight is 277 g/mol. The van der Waals surface area contributed by atoms with Crippen molar-refractivity contribution in [2.45, 2.75) is 51.2 Å². The van der Waals surface area contributed by atoms with Crippen molar-refractivity contribution in [1.29, 1.82) is 0 Å². The van der Waals surface area contributed by atoms with Crippen molar-refractivity contribution in [2.75, 3.05) is 20.8 Å². The molecule has 1 fully saturated rings. The van der Waals surface area contributed by atoms with Crippen LogP contribution in [0.3, 0.4) is 0 Å². The van der Waals surface area contributed by atoms with Crippen LogP contribution in [0.5, 0.6) is 5.75 Å². The molecule has 1 aliphatic carbocycles. The fourth-order valence-corrected chi connectivity index (χ4v) is 3.14. The molecule has 20 heavy (non-hydrogen) atoms. The molecule has 1 aromatic carbocycles. The Balaban J connectivity index is 2.19. The minimum Gasteiger partial charge on any atom is -0.497 e.